The maximum absolute atomic E-state index is 5.63. The molecule has 0 bridgehead atoms. The van der Waals surface area contributed by atoms with Crippen LogP contribution in [0.1, 0.15) is 5.89 Å². The van der Waals surface area contributed by atoms with Gasteiger partial charge in [0.1, 0.15) is 5.52 Å². The van der Waals surface area contributed by atoms with E-state index in [2.05, 4.69) is 9.97 Å². The molecule has 4 nitrogen and oxygen atoms in total. The molecule has 90 valence electrons. The molecule has 0 aliphatic heterocycles. The number of nitrogens with two attached hydrogens (primary N) is 1. The average Bonchev–Trinajstić information content (AvgIpc) is 2.81. The smallest absolute Gasteiger partial charge is 0.205 e. The molecule has 2 N–H and O–H groups in total. The molecule has 2 aromatic heterocycles. The summed E-state index contributed by atoms with van der Waals surface area (Å²) in [4.78, 5) is 8.62. The molecule has 5 heteroatoms. The zero-order valence-electron chi connectivity index (χ0n) is 9.54. The maximum atomic E-state index is 5.63. The fourth-order valence-corrected chi connectivity index (χ4v) is 2.28. The second-order valence-electron chi connectivity index (χ2n) is 3.79. The van der Waals surface area contributed by atoms with Gasteiger partial charge < -0.3 is 10.2 Å². The first kappa shape index (κ1) is 11.1. The van der Waals surface area contributed by atoms with Crippen molar-refractivity contribution in [2.75, 3.05) is 5.73 Å². The Labute approximate surface area is 108 Å². The summed E-state index contributed by atoms with van der Waals surface area (Å²) in [6.07, 6.45) is 1.65. The zero-order valence-corrected chi connectivity index (χ0v) is 10.4. The molecule has 0 spiro atoms. The van der Waals surface area contributed by atoms with Gasteiger partial charge in [0.2, 0.25) is 5.89 Å². The van der Waals surface area contributed by atoms with Gasteiger partial charge in [-0.15, -0.1) is 0 Å². The summed E-state index contributed by atoms with van der Waals surface area (Å²) in [7, 11) is 0. The molecule has 0 radical (unpaired) electrons. The number of nitrogen functional groups attached to an aromatic ring is 1. The highest BCUT2D eigenvalue weighted by Crippen LogP contribution is 2.23. The van der Waals surface area contributed by atoms with Crippen LogP contribution in [0.5, 0.6) is 0 Å². The van der Waals surface area contributed by atoms with Crippen LogP contribution in [-0.4, -0.2) is 9.97 Å². The van der Waals surface area contributed by atoms with Crippen LogP contribution in [0, 0.1) is 0 Å². The minimum Gasteiger partial charge on any atom is -0.440 e. The lowest BCUT2D eigenvalue weighted by molar-refractivity contribution is 0.556. The first-order chi connectivity index (χ1) is 8.81. The summed E-state index contributed by atoms with van der Waals surface area (Å²) >= 11 is 1.57. The molecule has 0 aliphatic rings. The van der Waals surface area contributed by atoms with Gasteiger partial charge in [-0.05, 0) is 24.3 Å². The van der Waals surface area contributed by atoms with Crippen LogP contribution in [-0.2, 0) is 5.75 Å². The molecule has 0 unspecified atom stereocenters. The minimum atomic E-state index is 0.658. The largest absolute Gasteiger partial charge is 0.440 e. The van der Waals surface area contributed by atoms with Crippen molar-refractivity contribution in [2.45, 2.75) is 10.8 Å². The number of oxazole rings is 1. The van der Waals surface area contributed by atoms with Crippen molar-refractivity contribution >= 4 is 28.5 Å². The van der Waals surface area contributed by atoms with Gasteiger partial charge in [-0.2, -0.15) is 0 Å². The molecule has 3 rings (SSSR count). The van der Waals surface area contributed by atoms with E-state index in [0.29, 0.717) is 17.3 Å². The van der Waals surface area contributed by atoms with Gasteiger partial charge in [-0.25, -0.2) is 9.97 Å². The normalized spacial score (nSPS) is 10.9. The maximum Gasteiger partial charge on any atom is 0.205 e. The van der Waals surface area contributed by atoms with E-state index in [1.165, 1.54) is 0 Å². The molecule has 1 aromatic carbocycles. The molecule has 2 heterocycles. The lowest BCUT2D eigenvalue weighted by atomic mass is 10.3. The Kier molecular flexibility index (Phi) is 2.90. The third-order valence-corrected chi connectivity index (χ3v) is 3.37. The fourth-order valence-electron chi connectivity index (χ4n) is 1.59. The van der Waals surface area contributed by atoms with Gasteiger partial charge in [0.15, 0.2) is 5.58 Å². The molecule has 0 saturated heterocycles. The van der Waals surface area contributed by atoms with Gasteiger partial charge in [-0.3, -0.25) is 0 Å². The highest BCUT2D eigenvalue weighted by atomic mass is 32.2. The Morgan fingerprint density at radius 2 is 2.06 bits per heavy atom. The van der Waals surface area contributed by atoms with E-state index < -0.39 is 0 Å². The van der Waals surface area contributed by atoms with Crippen LogP contribution in [0.3, 0.4) is 0 Å². The second kappa shape index (κ2) is 4.70. The molecule has 0 amide bonds. The molecule has 0 saturated carbocycles. The highest BCUT2D eigenvalue weighted by molar-refractivity contribution is 7.98. The molecule has 3 aromatic rings. The number of anilines is 1. The number of benzene rings is 1. The lowest BCUT2D eigenvalue weighted by Gasteiger charge is -1.97. The van der Waals surface area contributed by atoms with E-state index in [9.17, 15) is 0 Å². The number of para-hydroxylation sites is 2. The second-order valence-corrected chi connectivity index (χ2v) is 4.79. The summed E-state index contributed by atoms with van der Waals surface area (Å²) in [5.74, 6) is 1.37. The number of aromatic nitrogens is 2. The summed E-state index contributed by atoms with van der Waals surface area (Å²) < 4.78 is 5.63. The number of hydrogen-bond donors (Lipinski definition) is 1. The number of thioether (sulfide) groups is 1. The van der Waals surface area contributed by atoms with Crippen LogP contribution >= 0.6 is 11.8 Å². The SMILES string of the molecule is Nc1ccc(SCc2nc3ccccc3o2)nc1. The van der Waals surface area contributed by atoms with E-state index in [-0.39, 0.29) is 0 Å². The Bertz CT molecular complexity index is 630. The summed E-state index contributed by atoms with van der Waals surface area (Å²) in [5, 5.41) is 0.909. The Morgan fingerprint density at radius 1 is 1.17 bits per heavy atom. The monoisotopic (exact) mass is 257 g/mol. The van der Waals surface area contributed by atoms with Gasteiger partial charge in [0.05, 0.1) is 22.7 Å². The number of pyridine rings is 1. The number of nitrogens with zero attached hydrogens (tertiary/aromatic N) is 2. The zero-order chi connectivity index (χ0) is 12.4. The molecular weight excluding hydrogens is 246 g/mol. The van der Waals surface area contributed by atoms with Crippen molar-refractivity contribution in [3.8, 4) is 0 Å². The lowest BCUT2D eigenvalue weighted by Crippen LogP contribution is -1.87. The van der Waals surface area contributed by atoms with E-state index in [4.69, 9.17) is 10.2 Å². The van der Waals surface area contributed by atoms with Crippen molar-refractivity contribution in [1.29, 1.82) is 0 Å². The van der Waals surface area contributed by atoms with Crippen molar-refractivity contribution < 1.29 is 4.42 Å². The first-order valence-corrected chi connectivity index (χ1v) is 6.48. The standard InChI is InChI=1S/C13H11N3OS/c14-9-5-6-13(15-7-9)18-8-12-16-10-3-1-2-4-11(10)17-12/h1-7H,8,14H2. The number of fused-ring (bicyclic) bond motifs is 1. The van der Waals surface area contributed by atoms with Crippen molar-refractivity contribution in [2.24, 2.45) is 0 Å². The van der Waals surface area contributed by atoms with Crippen molar-refractivity contribution in [3.63, 3.8) is 0 Å². The minimum absolute atomic E-state index is 0.658. The van der Waals surface area contributed by atoms with Crippen LogP contribution in [0.2, 0.25) is 0 Å². The van der Waals surface area contributed by atoms with E-state index >= 15 is 0 Å². The third-order valence-electron chi connectivity index (χ3n) is 2.44. The Hall–Kier alpha value is -2.01. The Morgan fingerprint density at radius 3 is 2.83 bits per heavy atom. The van der Waals surface area contributed by atoms with Crippen LogP contribution in [0.4, 0.5) is 5.69 Å². The predicted molar refractivity (Wildman–Crippen MR) is 72.2 cm³/mol. The van der Waals surface area contributed by atoms with E-state index in [1.54, 1.807) is 18.0 Å². The number of hydrogen-bond acceptors (Lipinski definition) is 5. The molecular formula is C13H11N3OS. The van der Waals surface area contributed by atoms with E-state index in [0.717, 1.165) is 16.1 Å². The quantitative estimate of drug-likeness (QED) is 0.730. The predicted octanol–water partition coefficient (Wildman–Crippen LogP) is 3.10. The van der Waals surface area contributed by atoms with Gasteiger partial charge in [0, 0.05) is 0 Å². The summed E-state index contributed by atoms with van der Waals surface area (Å²) in [6.45, 7) is 0. The third kappa shape index (κ3) is 2.31. The average molecular weight is 257 g/mol. The summed E-state index contributed by atoms with van der Waals surface area (Å²) in [6, 6.07) is 11.5. The van der Waals surface area contributed by atoms with E-state index in [1.807, 2.05) is 36.4 Å². The molecule has 0 atom stereocenters. The topological polar surface area (TPSA) is 64.9 Å². The van der Waals surface area contributed by atoms with Crippen LogP contribution < -0.4 is 5.73 Å². The van der Waals surface area contributed by atoms with Gasteiger partial charge in [0.25, 0.3) is 0 Å². The molecule has 0 aliphatic carbocycles. The Balaban J connectivity index is 1.74. The molecule has 18 heavy (non-hydrogen) atoms. The van der Waals surface area contributed by atoms with Gasteiger partial charge >= 0.3 is 0 Å². The highest BCUT2D eigenvalue weighted by Gasteiger charge is 2.05. The first-order valence-electron chi connectivity index (χ1n) is 5.50. The van der Waals surface area contributed by atoms with Gasteiger partial charge in [-0.1, -0.05) is 23.9 Å². The summed E-state index contributed by atoms with van der Waals surface area (Å²) in [5.41, 5.74) is 7.96. The fraction of sp³-hybridized carbons (Fsp3) is 0.0769. The van der Waals surface area contributed by atoms with Crippen molar-refractivity contribution in [1.82, 2.24) is 9.97 Å². The van der Waals surface area contributed by atoms with Crippen LogP contribution in [0.15, 0.2) is 52.0 Å². The van der Waals surface area contributed by atoms with Crippen molar-refractivity contribution in [3.05, 3.63) is 48.5 Å². The number of rotatable bonds is 3. The van der Waals surface area contributed by atoms with Crippen LogP contribution in [0.25, 0.3) is 11.1 Å². The molecule has 0 fully saturated rings.